The number of unbranched alkanes of at least 4 members (excludes halogenated alkanes) is 3. The number of carbonyl (C=O) groups is 4. The molecule has 0 unspecified atom stereocenters. The molecule has 12 heteroatoms. The van der Waals surface area contributed by atoms with Crippen LogP contribution in [0.25, 0.3) is 0 Å². The molecule has 238 valence electrons. The average molecular weight is 626 g/mol. The first-order valence-electron chi connectivity index (χ1n) is 14.6. The number of aryl methyl sites for hydroxylation is 1. The summed E-state index contributed by atoms with van der Waals surface area (Å²) >= 11 is 0. The van der Waals surface area contributed by atoms with Gasteiger partial charge in [0.2, 0.25) is 5.91 Å². The summed E-state index contributed by atoms with van der Waals surface area (Å²) in [6.07, 6.45) is -1.64. The van der Waals surface area contributed by atoms with Gasteiger partial charge in [0.05, 0.1) is 24.2 Å². The van der Waals surface area contributed by atoms with Crippen LogP contribution in [-0.2, 0) is 32.1 Å². The zero-order valence-electron chi connectivity index (χ0n) is 24.6. The minimum Gasteiger partial charge on any atom is -0.457 e. The Hall–Kier alpha value is -4.71. The molecule has 3 aromatic carbocycles. The third kappa shape index (κ3) is 9.39. The van der Waals surface area contributed by atoms with E-state index >= 15 is 0 Å². The molecule has 2 amide bonds. The van der Waals surface area contributed by atoms with Crippen LogP contribution in [0.5, 0.6) is 11.5 Å². The van der Waals surface area contributed by atoms with Crippen molar-refractivity contribution >= 4 is 29.4 Å². The van der Waals surface area contributed by atoms with Gasteiger partial charge >= 0.3 is 18.1 Å². The van der Waals surface area contributed by atoms with Crippen molar-refractivity contribution in [2.45, 2.75) is 51.2 Å². The van der Waals surface area contributed by atoms with Gasteiger partial charge in [-0.2, -0.15) is 13.2 Å². The molecule has 0 spiro atoms. The molecule has 0 bridgehead atoms. The number of esters is 2. The van der Waals surface area contributed by atoms with Crippen LogP contribution in [0.4, 0.5) is 18.9 Å². The molecule has 9 nitrogen and oxygen atoms in total. The van der Waals surface area contributed by atoms with E-state index in [1.54, 1.807) is 30.3 Å². The fraction of sp³-hybridized carbons (Fsp3) is 0.333. The van der Waals surface area contributed by atoms with Gasteiger partial charge in [0.1, 0.15) is 18.0 Å². The Morgan fingerprint density at radius 2 is 1.58 bits per heavy atom. The van der Waals surface area contributed by atoms with E-state index in [4.69, 9.17) is 10.5 Å². The molecule has 0 fully saturated rings. The lowest BCUT2D eigenvalue weighted by Crippen LogP contribution is -2.40. The number of nitrogens with zero attached hydrogens (tertiary/aromatic N) is 2. The molecule has 0 aliphatic carbocycles. The first-order valence-corrected chi connectivity index (χ1v) is 14.6. The molecule has 45 heavy (non-hydrogen) atoms. The SMILES string of the molecule is NCCCCCCc1ccc2c(c1)C(=O)N(CCC(=O)OC(=O)C(F)(F)F)CC(=O)N2Cc1cccc(Oc2ccccc2)c1. The van der Waals surface area contributed by atoms with Crippen LogP contribution in [0.15, 0.2) is 72.8 Å². The van der Waals surface area contributed by atoms with Crippen molar-refractivity contribution in [2.75, 3.05) is 24.5 Å². The number of halogens is 3. The summed E-state index contributed by atoms with van der Waals surface area (Å²) in [5.41, 5.74) is 7.75. The van der Waals surface area contributed by atoms with Crippen LogP contribution in [0.3, 0.4) is 0 Å². The van der Waals surface area contributed by atoms with Crippen molar-refractivity contribution in [2.24, 2.45) is 5.73 Å². The largest absolute Gasteiger partial charge is 0.491 e. The number of rotatable bonds is 13. The topological polar surface area (TPSA) is 119 Å². The summed E-state index contributed by atoms with van der Waals surface area (Å²) in [6.45, 7) is -0.153. The maximum absolute atomic E-state index is 13.7. The molecule has 0 atom stereocenters. The molecule has 0 radical (unpaired) electrons. The summed E-state index contributed by atoms with van der Waals surface area (Å²) in [5, 5.41) is 0. The van der Waals surface area contributed by atoms with Crippen LogP contribution in [0, 0.1) is 0 Å². The van der Waals surface area contributed by atoms with E-state index in [0.29, 0.717) is 30.2 Å². The molecular weight excluding hydrogens is 591 g/mol. The van der Waals surface area contributed by atoms with Gasteiger partial charge in [-0.1, -0.05) is 49.2 Å². The fourth-order valence-corrected chi connectivity index (χ4v) is 4.90. The van der Waals surface area contributed by atoms with Gasteiger partial charge in [-0.3, -0.25) is 14.4 Å². The maximum atomic E-state index is 13.7. The van der Waals surface area contributed by atoms with Crippen LogP contribution >= 0.6 is 0 Å². The minimum absolute atomic E-state index is 0.0967. The Bertz CT molecular complexity index is 1510. The highest BCUT2D eigenvalue weighted by Gasteiger charge is 2.42. The normalized spacial score (nSPS) is 13.3. The van der Waals surface area contributed by atoms with Crippen LogP contribution in [-0.4, -0.2) is 54.5 Å². The Balaban J connectivity index is 1.57. The second-order valence-electron chi connectivity index (χ2n) is 10.6. The molecule has 1 aliphatic heterocycles. The van der Waals surface area contributed by atoms with Crippen molar-refractivity contribution in [1.82, 2.24) is 4.90 Å². The number of anilines is 1. The zero-order valence-corrected chi connectivity index (χ0v) is 24.6. The van der Waals surface area contributed by atoms with Crippen molar-refractivity contribution in [3.05, 3.63) is 89.5 Å². The van der Waals surface area contributed by atoms with E-state index in [1.807, 2.05) is 42.5 Å². The summed E-state index contributed by atoms with van der Waals surface area (Å²) in [7, 11) is 0. The standard InChI is InChI=1S/C33H34F3N3O6/c34-33(35,36)32(43)45-30(41)16-18-38-22-29(40)39(21-24-10-8-13-26(19-24)44-25-11-5-3-6-12-25)28-15-14-23(20-27(28)31(38)42)9-4-1-2-7-17-37/h3,5-6,8,10-15,19-20H,1-2,4,7,9,16-18,21-22,37H2. The molecule has 0 aromatic heterocycles. The third-order valence-electron chi connectivity index (χ3n) is 7.16. The number of amides is 2. The number of ether oxygens (including phenoxy) is 2. The number of nitrogens with two attached hydrogens (primary N) is 1. The van der Waals surface area contributed by atoms with Gasteiger partial charge in [-0.25, -0.2) is 4.79 Å². The average Bonchev–Trinajstić information content (AvgIpc) is 3.10. The minimum atomic E-state index is -5.34. The summed E-state index contributed by atoms with van der Waals surface area (Å²) in [4.78, 5) is 52.9. The lowest BCUT2D eigenvalue weighted by molar-refractivity contribution is -0.201. The number of hydrogen-bond acceptors (Lipinski definition) is 7. The summed E-state index contributed by atoms with van der Waals surface area (Å²) in [5.74, 6) is -3.95. The molecule has 3 aromatic rings. The highest BCUT2D eigenvalue weighted by Crippen LogP contribution is 2.30. The van der Waals surface area contributed by atoms with Crippen molar-refractivity contribution < 1.29 is 41.8 Å². The van der Waals surface area contributed by atoms with Crippen molar-refractivity contribution in [3.63, 3.8) is 0 Å². The summed E-state index contributed by atoms with van der Waals surface area (Å²) < 4.78 is 47.4. The number of para-hydroxylation sites is 1. The van der Waals surface area contributed by atoms with Crippen molar-refractivity contribution in [3.8, 4) is 11.5 Å². The van der Waals surface area contributed by atoms with E-state index < -0.39 is 49.4 Å². The molecular formula is C33H34F3N3O6. The molecule has 4 rings (SSSR count). The first-order chi connectivity index (χ1) is 21.5. The lowest BCUT2D eigenvalue weighted by atomic mass is 10.0. The molecule has 0 saturated heterocycles. The van der Waals surface area contributed by atoms with E-state index in [1.165, 1.54) is 4.90 Å². The first kappa shape index (κ1) is 33.2. The number of fused-ring (bicyclic) bond motifs is 1. The lowest BCUT2D eigenvalue weighted by Gasteiger charge is -2.23. The smallest absolute Gasteiger partial charge is 0.457 e. The number of alkyl halides is 3. The molecule has 1 heterocycles. The second-order valence-corrected chi connectivity index (χ2v) is 10.6. The van der Waals surface area contributed by atoms with Crippen LogP contribution in [0.2, 0.25) is 0 Å². The summed E-state index contributed by atoms with van der Waals surface area (Å²) in [6, 6.07) is 21.6. The highest BCUT2D eigenvalue weighted by atomic mass is 19.4. The fourth-order valence-electron chi connectivity index (χ4n) is 4.90. The number of carbonyl (C=O) groups excluding carboxylic acids is 4. The monoisotopic (exact) mass is 625 g/mol. The van der Waals surface area contributed by atoms with E-state index in [0.717, 1.165) is 41.7 Å². The Morgan fingerprint density at radius 3 is 2.31 bits per heavy atom. The van der Waals surface area contributed by atoms with E-state index in [9.17, 15) is 32.3 Å². The van der Waals surface area contributed by atoms with Crippen molar-refractivity contribution in [1.29, 1.82) is 0 Å². The van der Waals surface area contributed by atoms with Gasteiger partial charge in [0.15, 0.2) is 0 Å². The Kier molecular flexibility index (Phi) is 11.3. The van der Waals surface area contributed by atoms with Crippen LogP contribution in [0.1, 0.15) is 53.6 Å². The van der Waals surface area contributed by atoms with E-state index in [2.05, 4.69) is 4.74 Å². The quantitative estimate of drug-likeness (QED) is 0.150. The van der Waals surface area contributed by atoms with Gasteiger partial charge in [0.25, 0.3) is 5.91 Å². The van der Waals surface area contributed by atoms with Gasteiger partial charge in [-0.05, 0) is 73.3 Å². The predicted octanol–water partition coefficient (Wildman–Crippen LogP) is 5.55. The van der Waals surface area contributed by atoms with Gasteiger partial charge < -0.3 is 25.0 Å². The van der Waals surface area contributed by atoms with Crippen LogP contribution < -0.4 is 15.4 Å². The zero-order chi connectivity index (χ0) is 32.4. The maximum Gasteiger partial charge on any atom is 0.491 e. The number of benzene rings is 3. The number of hydrogen-bond donors (Lipinski definition) is 1. The van der Waals surface area contributed by atoms with Gasteiger partial charge in [0, 0.05) is 6.54 Å². The van der Waals surface area contributed by atoms with Gasteiger partial charge in [-0.15, -0.1) is 0 Å². The Labute approximate surface area is 258 Å². The predicted molar refractivity (Wildman–Crippen MR) is 159 cm³/mol. The third-order valence-corrected chi connectivity index (χ3v) is 7.16. The Morgan fingerprint density at radius 1 is 0.844 bits per heavy atom. The molecule has 2 N–H and O–H groups in total. The molecule has 0 saturated carbocycles. The van der Waals surface area contributed by atoms with E-state index in [-0.39, 0.29) is 12.1 Å². The highest BCUT2D eigenvalue weighted by molar-refractivity contribution is 6.09. The molecule has 1 aliphatic rings. The second kappa shape index (κ2) is 15.3.